The third-order valence-electron chi connectivity index (χ3n) is 4.55. The van der Waals surface area contributed by atoms with E-state index < -0.39 is 41.2 Å². The highest BCUT2D eigenvalue weighted by Crippen LogP contribution is 2.45. The van der Waals surface area contributed by atoms with Gasteiger partial charge in [-0.3, -0.25) is 0 Å². The van der Waals surface area contributed by atoms with Crippen molar-refractivity contribution in [2.75, 3.05) is 38.7 Å². The van der Waals surface area contributed by atoms with Crippen LogP contribution >= 0.6 is 0 Å². The molecular weight excluding hydrogens is 384 g/mol. The molecule has 29 heavy (non-hydrogen) atoms. The van der Waals surface area contributed by atoms with Crippen molar-refractivity contribution in [3.63, 3.8) is 0 Å². The first-order chi connectivity index (χ1) is 13.9. The second-order valence-electron chi connectivity index (χ2n) is 5.91. The van der Waals surface area contributed by atoms with E-state index in [4.69, 9.17) is 18.9 Å². The molecule has 10 heteroatoms. The van der Waals surface area contributed by atoms with Gasteiger partial charge in [0.05, 0.1) is 51.0 Å². The zero-order chi connectivity index (χ0) is 21.3. The van der Waals surface area contributed by atoms with E-state index >= 15 is 0 Å². The molecule has 2 heterocycles. The number of nitrogens with one attached hydrogen (secondary N) is 1. The van der Waals surface area contributed by atoms with E-state index in [1.807, 2.05) is 0 Å². The minimum atomic E-state index is -1.02. The minimum absolute atomic E-state index is 0.205. The molecule has 1 atom stereocenters. The molecule has 0 fully saturated rings. The molecule has 2 aliphatic rings. The van der Waals surface area contributed by atoms with Crippen LogP contribution in [0.3, 0.4) is 0 Å². The maximum absolute atomic E-state index is 12.7. The van der Waals surface area contributed by atoms with Gasteiger partial charge in [-0.1, -0.05) is 12.1 Å². The Morgan fingerprint density at radius 3 is 1.93 bits per heavy atom. The van der Waals surface area contributed by atoms with Gasteiger partial charge in [-0.05, 0) is 12.1 Å². The van der Waals surface area contributed by atoms with Crippen molar-refractivity contribution in [3.8, 4) is 0 Å². The first-order valence-corrected chi connectivity index (χ1v) is 8.38. The summed E-state index contributed by atoms with van der Waals surface area (Å²) in [4.78, 5) is 52.0. The third-order valence-corrected chi connectivity index (χ3v) is 4.55. The van der Waals surface area contributed by atoms with Crippen LogP contribution in [0.4, 0.5) is 11.4 Å². The molecule has 0 saturated heterocycles. The van der Waals surface area contributed by atoms with Crippen LogP contribution in [-0.2, 0) is 38.1 Å². The third kappa shape index (κ3) is 2.98. The highest BCUT2D eigenvalue weighted by atomic mass is 16.5. The first kappa shape index (κ1) is 19.9. The lowest BCUT2D eigenvalue weighted by molar-refractivity contribution is -0.142. The van der Waals surface area contributed by atoms with Gasteiger partial charge >= 0.3 is 23.9 Å². The molecule has 3 rings (SSSR count). The number of nitrogens with zero attached hydrogens (tertiary/aromatic N) is 1. The van der Waals surface area contributed by atoms with Gasteiger partial charge in [-0.15, -0.1) is 0 Å². The lowest BCUT2D eigenvalue weighted by Crippen LogP contribution is -2.48. The average Bonchev–Trinajstić information content (AvgIpc) is 3.14. The number of hydrogen-bond donors (Lipinski definition) is 1. The summed E-state index contributed by atoms with van der Waals surface area (Å²) in [6, 6.07) is 6.86. The highest BCUT2D eigenvalue weighted by Gasteiger charge is 2.50. The molecule has 1 N–H and O–H groups in total. The SMILES string of the molecule is COC(=O)C1=C(C(=O)OC)C2Nc3ccccc3N2C(C(=O)OC)=C1C(=O)OC. The maximum atomic E-state index is 12.7. The lowest BCUT2D eigenvalue weighted by atomic mass is 9.90. The molecule has 0 radical (unpaired) electrons. The molecule has 0 aromatic heterocycles. The van der Waals surface area contributed by atoms with E-state index in [-0.39, 0.29) is 11.3 Å². The standard InChI is InChI=1S/C19H18N2O8/c1-26-16(22)11-12(17(23)27-2)14(19(25)29-4)21-10-8-6-5-7-9(10)20-15(21)13(11)18(24)28-3/h5-8,15,20H,1-4H3. The van der Waals surface area contributed by atoms with E-state index in [0.29, 0.717) is 11.4 Å². The monoisotopic (exact) mass is 402 g/mol. The fourth-order valence-electron chi connectivity index (χ4n) is 3.35. The number of hydrogen-bond acceptors (Lipinski definition) is 10. The molecule has 0 saturated carbocycles. The van der Waals surface area contributed by atoms with Crippen LogP contribution in [0.15, 0.2) is 46.7 Å². The summed E-state index contributed by atoms with van der Waals surface area (Å²) >= 11 is 0. The summed E-state index contributed by atoms with van der Waals surface area (Å²) in [6.07, 6.45) is -1.02. The molecule has 0 amide bonds. The van der Waals surface area contributed by atoms with Crippen LogP contribution in [0.1, 0.15) is 0 Å². The fourth-order valence-corrected chi connectivity index (χ4v) is 3.35. The molecule has 0 aliphatic carbocycles. The van der Waals surface area contributed by atoms with Gasteiger partial charge in [-0.2, -0.15) is 0 Å². The topological polar surface area (TPSA) is 120 Å². The second-order valence-corrected chi connectivity index (χ2v) is 5.91. The Morgan fingerprint density at radius 2 is 1.34 bits per heavy atom. The largest absolute Gasteiger partial charge is 0.466 e. The van der Waals surface area contributed by atoms with Crippen LogP contribution in [-0.4, -0.2) is 58.5 Å². The van der Waals surface area contributed by atoms with E-state index in [9.17, 15) is 19.2 Å². The summed E-state index contributed by atoms with van der Waals surface area (Å²) in [5, 5.41) is 3.06. The molecule has 1 aromatic rings. The Morgan fingerprint density at radius 1 is 0.793 bits per heavy atom. The van der Waals surface area contributed by atoms with E-state index in [2.05, 4.69) is 5.32 Å². The molecule has 10 nitrogen and oxygen atoms in total. The van der Waals surface area contributed by atoms with Crippen LogP contribution in [0.5, 0.6) is 0 Å². The molecule has 2 aliphatic heterocycles. The molecule has 1 aromatic carbocycles. The number of anilines is 2. The molecule has 0 bridgehead atoms. The summed E-state index contributed by atoms with van der Waals surface area (Å²) in [6.45, 7) is 0. The number of fused-ring (bicyclic) bond motifs is 3. The smallest absolute Gasteiger partial charge is 0.355 e. The Hall–Kier alpha value is -3.82. The number of para-hydroxylation sites is 2. The van der Waals surface area contributed by atoms with Crippen molar-refractivity contribution in [1.29, 1.82) is 0 Å². The van der Waals surface area contributed by atoms with Crippen molar-refractivity contribution in [2.24, 2.45) is 0 Å². The van der Waals surface area contributed by atoms with E-state index in [1.165, 1.54) is 4.90 Å². The molecule has 1 unspecified atom stereocenters. The van der Waals surface area contributed by atoms with Crippen molar-refractivity contribution >= 4 is 35.3 Å². The van der Waals surface area contributed by atoms with Crippen molar-refractivity contribution < 1.29 is 38.1 Å². The van der Waals surface area contributed by atoms with Gasteiger partial charge in [0.1, 0.15) is 17.4 Å². The Balaban J connectivity index is 2.45. The first-order valence-electron chi connectivity index (χ1n) is 8.38. The number of carbonyl (C=O) groups is 4. The van der Waals surface area contributed by atoms with Gasteiger partial charge in [0.25, 0.3) is 0 Å². The van der Waals surface area contributed by atoms with E-state index in [0.717, 1.165) is 28.4 Å². The number of carbonyl (C=O) groups excluding carboxylic acids is 4. The quantitative estimate of drug-likeness (QED) is 0.563. The zero-order valence-corrected chi connectivity index (χ0v) is 16.1. The summed E-state index contributed by atoms with van der Waals surface area (Å²) in [5.41, 5.74) is -0.312. The Kier molecular flexibility index (Phi) is 5.26. The normalized spacial score (nSPS) is 17.1. The van der Waals surface area contributed by atoms with E-state index in [1.54, 1.807) is 24.3 Å². The van der Waals surface area contributed by atoms with Crippen LogP contribution in [0, 0.1) is 0 Å². The van der Waals surface area contributed by atoms with Gasteiger partial charge in [0, 0.05) is 0 Å². The highest BCUT2D eigenvalue weighted by molar-refractivity contribution is 6.19. The lowest BCUT2D eigenvalue weighted by Gasteiger charge is -2.34. The predicted molar refractivity (Wildman–Crippen MR) is 98.4 cm³/mol. The average molecular weight is 402 g/mol. The van der Waals surface area contributed by atoms with Crippen molar-refractivity contribution in [3.05, 3.63) is 46.7 Å². The van der Waals surface area contributed by atoms with Gasteiger partial charge in [0.2, 0.25) is 0 Å². The van der Waals surface area contributed by atoms with Crippen LogP contribution < -0.4 is 10.2 Å². The minimum Gasteiger partial charge on any atom is -0.466 e. The predicted octanol–water partition coefficient (Wildman–Crippen LogP) is 0.501. The Labute approximate surface area is 165 Å². The van der Waals surface area contributed by atoms with Gasteiger partial charge < -0.3 is 29.2 Å². The molecule has 152 valence electrons. The number of methoxy groups -OCH3 is 4. The second kappa shape index (κ2) is 7.66. The molecular formula is C19H18N2O8. The van der Waals surface area contributed by atoms with Gasteiger partial charge in [0.15, 0.2) is 0 Å². The summed E-state index contributed by atoms with van der Waals surface area (Å²) in [7, 11) is 4.43. The number of ether oxygens (including phenoxy) is 4. The fraction of sp³-hybridized carbons (Fsp3) is 0.263. The van der Waals surface area contributed by atoms with Gasteiger partial charge in [-0.25, -0.2) is 19.2 Å². The number of esters is 4. The van der Waals surface area contributed by atoms with Crippen molar-refractivity contribution in [1.82, 2.24) is 0 Å². The Bertz CT molecular complexity index is 978. The summed E-state index contributed by atoms with van der Waals surface area (Å²) in [5.74, 6) is -3.81. The number of benzene rings is 1. The van der Waals surface area contributed by atoms with Crippen LogP contribution in [0.2, 0.25) is 0 Å². The maximum Gasteiger partial charge on any atom is 0.355 e. The molecule has 0 spiro atoms. The number of rotatable bonds is 4. The van der Waals surface area contributed by atoms with Crippen LogP contribution in [0.25, 0.3) is 0 Å². The zero-order valence-electron chi connectivity index (χ0n) is 16.1. The van der Waals surface area contributed by atoms with Crippen molar-refractivity contribution in [2.45, 2.75) is 6.17 Å². The summed E-state index contributed by atoms with van der Waals surface area (Å²) < 4.78 is 19.3.